The molecule has 0 saturated heterocycles. The van der Waals surface area contributed by atoms with E-state index in [1.165, 1.54) is 0 Å². The second-order valence-corrected chi connectivity index (χ2v) is 5.81. The average Bonchev–Trinajstić information content (AvgIpc) is 2.53. The van der Waals surface area contributed by atoms with Crippen LogP contribution in [0.25, 0.3) is 0 Å². The quantitative estimate of drug-likeness (QED) is 0.852. The van der Waals surface area contributed by atoms with Crippen molar-refractivity contribution < 1.29 is 5.11 Å². The van der Waals surface area contributed by atoms with E-state index in [-0.39, 0.29) is 6.04 Å². The highest BCUT2D eigenvalue weighted by Gasteiger charge is 2.40. The van der Waals surface area contributed by atoms with Crippen LogP contribution >= 0.6 is 0 Å². The van der Waals surface area contributed by atoms with E-state index in [0.717, 1.165) is 17.5 Å². The fraction of sp³-hybridized carbons (Fsp3) is 0.368. The van der Waals surface area contributed by atoms with Crippen molar-refractivity contribution in [1.82, 2.24) is 0 Å². The summed E-state index contributed by atoms with van der Waals surface area (Å²) in [5, 5.41) is 10.9. The van der Waals surface area contributed by atoms with Crippen LogP contribution in [-0.2, 0) is 5.41 Å². The maximum atomic E-state index is 10.9. The molecule has 0 heterocycles. The van der Waals surface area contributed by atoms with Crippen LogP contribution in [0.2, 0.25) is 0 Å². The van der Waals surface area contributed by atoms with Crippen LogP contribution in [0.3, 0.4) is 0 Å². The molecular formula is C19H25NO. The molecule has 0 aliphatic heterocycles. The molecule has 2 rings (SSSR count). The summed E-state index contributed by atoms with van der Waals surface area (Å²) < 4.78 is 0. The first-order valence-corrected chi connectivity index (χ1v) is 7.66. The molecule has 3 N–H and O–H groups in total. The zero-order chi connectivity index (χ0) is 15.3. The van der Waals surface area contributed by atoms with E-state index in [0.29, 0.717) is 6.42 Å². The number of nitrogens with two attached hydrogens (primary N) is 1. The smallest absolute Gasteiger partial charge is 0.0675 e. The zero-order valence-electron chi connectivity index (χ0n) is 12.9. The first-order valence-electron chi connectivity index (χ1n) is 7.66. The van der Waals surface area contributed by atoms with Gasteiger partial charge >= 0.3 is 0 Å². The summed E-state index contributed by atoms with van der Waals surface area (Å²) in [6, 6.07) is 20.5. The molecule has 2 atom stereocenters. The number of hydrogen-bond acceptors (Lipinski definition) is 2. The highest BCUT2D eigenvalue weighted by atomic mass is 16.3. The Bertz CT molecular complexity index is 497. The molecule has 2 aromatic carbocycles. The number of aliphatic hydroxyl groups excluding tert-OH is 1. The fourth-order valence-electron chi connectivity index (χ4n) is 3.25. The van der Waals surface area contributed by atoms with E-state index in [1.807, 2.05) is 50.2 Å². The lowest BCUT2D eigenvalue weighted by Crippen LogP contribution is -2.44. The van der Waals surface area contributed by atoms with Crippen LogP contribution in [0.1, 0.15) is 37.8 Å². The molecule has 0 aromatic heterocycles. The van der Waals surface area contributed by atoms with Crippen molar-refractivity contribution in [3.05, 3.63) is 71.8 Å². The van der Waals surface area contributed by atoms with Gasteiger partial charge in [-0.15, -0.1) is 0 Å². The van der Waals surface area contributed by atoms with Crippen LogP contribution in [0, 0.1) is 0 Å². The topological polar surface area (TPSA) is 46.2 Å². The van der Waals surface area contributed by atoms with Gasteiger partial charge in [-0.2, -0.15) is 0 Å². The molecule has 0 bridgehead atoms. The van der Waals surface area contributed by atoms with Crippen molar-refractivity contribution in [2.24, 2.45) is 5.73 Å². The Morgan fingerprint density at radius 2 is 1.38 bits per heavy atom. The first-order chi connectivity index (χ1) is 10.1. The van der Waals surface area contributed by atoms with Crippen LogP contribution in [-0.4, -0.2) is 17.3 Å². The molecular weight excluding hydrogens is 258 g/mol. The maximum Gasteiger partial charge on any atom is 0.0675 e. The van der Waals surface area contributed by atoms with Crippen molar-refractivity contribution in [2.75, 3.05) is 0 Å². The molecule has 21 heavy (non-hydrogen) atoms. The van der Waals surface area contributed by atoms with Gasteiger partial charge in [-0.3, -0.25) is 0 Å². The monoisotopic (exact) mass is 283 g/mol. The minimum absolute atomic E-state index is 0.00612. The summed E-state index contributed by atoms with van der Waals surface area (Å²) in [6.07, 6.45) is 0.945. The molecule has 0 unspecified atom stereocenters. The summed E-state index contributed by atoms with van der Waals surface area (Å²) in [6.45, 7) is 4.02. The van der Waals surface area contributed by atoms with Crippen molar-refractivity contribution >= 4 is 0 Å². The van der Waals surface area contributed by atoms with Gasteiger partial charge in [-0.25, -0.2) is 0 Å². The van der Waals surface area contributed by atoms with Crippen molar-refractivity contribution in [2.45, 2.75) is 44.2 Å². The molecule has 2 aromatic rings. The maximum absolute atomic E-state index is 10.9. The molecule has 0 spiro atoms. The SMILES string of the molecule is CC[C@@H](O)C(C[C@H](C)N)(c1ccccc1)c1ccccc1. The molecule has 0 aliphatic carbocycles. The molecule has 0 radical (unpaired) electrons. The third-order valence-electron chi connectivity index (χ3n) is 4.18. The highest BCUT2D eigenvalue weighted by Crippen LogP contribution is 2.40. The number of aliphatic hydroxyl groups is 1. The van der Waals surface area contributed by atoms with Gasteiger partial charge in [-0.1, -0.05) is 67.6 Å². The lowest BCUT2D eigenvalue weighted by Gasteiger charge is -2.40. The molecule has 0 saturated carbocycles. The van der Waals surface area contributed by atoms with Crippen LogP contribution in [0.15, 0.2) is 60.7 Å². The summed E-state index contributed by atoms with van der Waals surface area (Å²) in [5.41, 5.74) is 7.94. The standard InChI is InChI=1S/C19H25NO/c1-3-18(21)19(14-15(2)20,16-10-6-4-7-11-16)17-12-8-5-9-13-17/h4-13,15,18,21H,3,14,20H2,1-2H3/t15-,18+/m0/s1. The normalized spacial score (nSPS) is 14.7. The fourth-order valence-corrected chi connectivity index (χ4v) is 3.25. The van der Waals surface area contributed by atoms with Gasteiger partial charge in [0.05, 0.1) is 6.10 Å². The van der Waals surface area contributed by atoms with Gasteiger partial charge in [0.2, 0.25) is 0 Å². The minimum atomic E-state index is -0.465. The van der Waals surface area contributed by atoms with Crippen molar-refractivity contribution in [3.8, 4) is 0 Å². The summed E-state index contributed by atoms with van der Waals surface area (Å²) in [4.78, 5) is 0. The summed E-state index contributed by atoms with van der Waals surface area (Å²) in [5.74, 6) is 0. The second kappa shape index (κ2) is 6.88. The van der Waals surface area contributed by atoms with E-state index in [2.05, 4.69) is 24.3 Å². The van der Waals surface area contributed by atoms with E-state index < -0.39 is 11.5 Å². The van der Waals surface area contributed by atoms with E-state index in [4.69, 9.17) is 5.73 Å². The van der Waals surface area contributed by atoms with Gasteiger partial charge in [0.15, 0.2) is 0 Å². The summed E-state index contributed by atoms with van der Waals surface area (Å²) in [7, 11) is 0. The molecule has 2 heteroatoms. The first kappa shape index (κ1) is 15.7. The third kappa shape index (κ3) is 3.17. The van der Waals surface area contributed by atoms with Gasteiger partial charge in [0, 0.05) is 11.5 Å². The Morgan fingerprint density at radius 1 is 0.952 bits per heavy atom. The summed E-state index contributed by atoms with van der Waals surface area (Å²) >= 11 is 0. The Kier molecular flexibility index (Phi) is 5.16. The lowest BCUT2D eigenvalue weighted by molar-refractivity contribution is 0.0891. The second-order valence-electron chi connectivity index (χ2n) is 5.81. The van der Waals surface area contributed by atoms with Crippen LogP contribution in [0.5, 0.6) is 0 Å². The van der Waals surface area contributed by atoms with Crippen LogP contribution in [0.4, 0.5) is 0 Å². The van der Waals surface area contributed by atoms with Gasteiger partial charge in [-0.05, 0) is 30.9 Å². The predicted octanol–water partition coefficient (Wildman–Crippen LogP) is 3.48. The number of rotatable bonds is 6. The third-order valence-corrected chi connectivity index (χ3v) is 4.18. The molecule has 112 valence electrons. The Hall–Kier alpha value is -1.64. The average molecular weight is 283 g/mol. The van der Waals surface area contributed by atoms with E-state index in [1.54, 1.807) is 0 Å². The van der Waals surface area contributed by atoms with E-state index >= 15 is 0 Å². The zero-order valence-corrected chi connectivity index (χ0v) is 12.9. The lowest BCUT2D eigenvalue weighted by atomic mass is 9.66. The van der Waals surface area contributed by atoms with Gasteiger partial charge in [0.25, 0.3) is 0 Å². The number of benzene rings is 2. The number of hydrogen-bond donors (Lipinski definition) is 2. The van der Waals surface area contributed by atoms with Crippen molar-refractivity contribution in [3.63, 3.8) is 0 Å². The molecule has 0 amide bonds. The largest absolute Gasteiger partial charge is 0.392 e. The molecule has 0 aliphatic rings. The van der Waals surface area contributed by atoms with Gasteiger partial charge < -0.3 is 10.8 Å². The highest BCUT2D eigenvalue weighted by molar-refractivity contribution is 5.41. The Balaban J connectivity index is 2.65. The molecule has 2 nitrogen and oxygen atoms in total. The Labute approximate surface area is 127 Å². The molecule has 0 fully saturated rings. The predicted molar refractivity (Wildman–Crippen MR) is 88.2 cm³/mol. The van der Waals surface area contributed by atoms with E-state index in [9.17, 15) is 5.11 Å². The van der Waals surface area contributed by atoms with Gasteiger partial charge in [0.1, 0.15) is 0 Å². The minimum Gasteiger partial charge on any atom is -0.392 e. The Morgan fingerprint density at radius 3 is 1.71 bits per heavy atom. The van der Waals surface area contributed by atoms with Crippen LogP contribution < -0.4 is 5.73 Å². The van der Waals surface area contributed by atoms with Crippen molar-refractivity contribution in [1.29, 1.82) is 0 Å².